The lowest BCUT2D eigenvalue weighted by molar-refractivity contribution is 0.581. The van der Waals surface area contributed by atoms with Crippen molar-refractivity contribution in [3.8, 4) is 0 Å². The third-order valence-corrected chi connectivity index (χ3v) is 6.23. The predicted molar refractivity (Wildman–Crippen MR) is 104 cm³/mol. The summed E-state index contributed by atoms with van der Waals surface area (Å²) in [5.74, 6) is 0. The van der Waals surface area contributed by atoms with E-state index in [9.17, 15) is 13.2 Å². The minimum Gasteiger partial charge on any atom is -0.322 e. The van der Waals surface area contributed by atoms with Gasteiger partial charge in [0.1, 0.15) is 0 Å². The van der Waals surface area contributed by atoms with Crippen molar-refractivity contribution in [1.82, 2.24) is 9.71 Å². The molecule has 0 spiro atoms. The Morgan fingerprint density at radius 1 is 0.962 bits per heavy atom. The molecule has 0 aliphatic rings. The van der Waals surface area contributed by atoms with Gasteiger partial charge in [0, 0.05) is 17.6 Å². The topological polar surface area (TPSA) is 79.0 Å². The molecule has 0 amide bonds. The monoisotopic (exact) mass is 370 g/mol. The lowest BCUT2D eigenvalue weighted by Gasteiger charge is -2.10. The molecule has 6 heteroatoms. The minimum absolute atomic E-state index is 0.163. The second kappa shape index (κ2) is 7.05. The van der Waals surface area contributed by atoms with E-state index >= 15 is 0 Å². The highest BCUT2D eigenvalue weighted by Crippen LogP contribution is 2.17. The molecule has 1 heterocycles. The van der Waals surface area contributed by atoms with Crippen LogP contribution in [0.1, 0.15) is 22.3 Å². The Balaban J connectivity index is 1.80. The molecule has 5 nitrogen and oxygen atoms in total. The SMILES string of the molecule is Cc1cc2cc(CCNS(=O)(=O)c3ccccc3C)c(=O)[nH]c2cc1C. The van der Waals surface area contributed by atoms with Crippen molar-refractivity contribution < 1.29 is 8.42 Å². The van der Waals surface area contributed by atoms with Crippen LogP contribution in [0.2, 0.25) is 0 Å². The summed E-state index contributed by atoms with van der Waals surface area (Å²) >= 11 is 0. The maximum Gasteiger partial charge on any atom is 0.251 e. The van der Waals surface area contributed by atoms with Crippen molar-refractivity contribution >= 4 is 20.9 Å². The molecule has 0 bridgehead atoms. The normalized spacial score (nSPS) is 11.8. The highest BCUT2D eigenvalue weighted by Gasteiger charge is 2.15. The van der Waals surface area contributed by atoms with Gasteiger partial charge in [-0.3, -0.25) is 4.79 Å². The summed E-state index contributed by atoms with van der Waals surface area (Å²) in [6.45, 7) is 5.94. The van der Waals surface area contributed by atoms with E-state index in [4.69, 9.17) is 0 Å². The van der Waals surface area contributed by atoms with Gasteiger partial charge in [-0.2, -0.15) is 0 Å². The number of H-pyrrole nitrogens is 1. The fourth-order valence-corrected chi connectivity index (χ4v) is 4.24. The van der Waals surface area contributed by atoms with Gasteiger partial charge in [0.05, 0.1) is 4.90 Å². The van der Waals surface area contributed by atoms with Crippen molar-refractivity contribution in [2.24, 2.45) is 0 Å². The molecule has 0 aliphatic carbocycles. The number of rotatable bonds is 5. The van der Waals surface area contributed by atoms with E-state index in [-0.39, 0.29) is 17.0 Å². The number of nitrogens with one attached hydrogen (secondary N) is 2. The molecule has 26 heavy (non-hydrogen) atoms. The molecule has 2 N–H and O–H groups in total. The Morgan fingerprint density at radius 2 is 1.65 bits per heavy atom. The molecule has 0 aliphatic heterocycles. The third kappa shape index (κ3) is 3.71. The zero-order valence-electron chi connectivity index (χ0n) is 15.1. The van der Waals surface area contributed by atoms with E-state index in [0.29, 0.717) is 17.5 Å². The standard InChI is InChI=1S/C20H22N2O3S/c1-13-6-4-5-7-19(13)26(24,25)21-9-8-16-12-17-10-14(2)15(3)11-18(17)22-20(16)23/h4-7,10-12,21H,8-9H2,1-3H3,(H,22,23). The number of sulfonamides is 1. The first-order valence-electron chi connectivity index (χ1n) is 8.46. The van der Waals surface area contributed by atoms with Gasteiger partial charge in [0.2, 0.25) is 10.0 Å². The van der Waals surface area contributed by atoms with E-state index in [1.165, 1.54) is 0 Å². The maximum absolute atomic E-state index is 12.4. The van der Waals surface area contributed by atoms with Gasteiger partial charge in [0.25, 0.3) is 5.56 Å². The Labute approximate surface area is 153 Å². The van der Waals surface area contributed by atoms with E-state index < -0.39 is 10.0 Å². The average molecular weight is 370 g/mol. The van der Waals surface area contributed by atoms with Crippen LogP contribution in [0, 0.1) is 20.8 Å². The number of benzene rings is 2. The van der Waals surface area contributed by atoms with Gasteiger partial charge in [-0.05, 0) is 73.5 Å². The van der Waals surface area contributed by atoms with Crippen molar-refractivity contribution in [2.75, 3.05) is 6.54 Å². The molecular formula is C20H22N2O3S. The van der Waals surface area contributed by atoms with E-state index in [1.54, 1.807) is 31.2 Å². The summed E-state index contributed by atoms with van der Waals surface area (Å²) < 4.78 is 27.4. The quantitative estimate of drug-likeness (QED) is 0.725. The van der Waals surface area contributed by atoms with Crippen molar-refractivity contribution in [1.29, 1.82) is 0 Å². The lowest BCUT2D eigenvalue weighted by atomic mass is 10.0. The molecule has 0 saturated heterocycles. The van der Waals surface area contributed by atoms with Crippen LogP contribution in [-0.2, 0) is 16.4 Å². The van der Waals surface area contributed by atoms with Crippen molar-refractivity contribution in [2.45, 2.75) is 32.1 Å². The Kier molecular flexibility index (Phi) is 4.98. The van der Waals surface area contributed by atoms with Crippen LogP contribution in [0.15, 0.2) is 52.2 Å². The number of pyridine rings is 1. The first-order chi connectivity index (χ1) is 12.3. The van der Waals surface area contributed by atoms with Crippen LogP contribution in [0.25, 0.3) is 10.9 Å². The van der Waals surface area contributed by atoms with Gasteiger partial charge < -0.3 is 4.98 Å². The number of hydrogen-bond acceptors (Lipinski definition) is 3. The average Bonchev–Trinajstić information content (AvgIpc) is 2.57. The number of aromatic amines is 1. The second-order valence-electron chi connectivity index (χ2n) is 6.56. The fraction of sp³-hybridized carbons (Fsp3) is 0.250. The van der Waals surface area contributed by atoms with Gasteiger partial charge in [0.15, 0.2) is 0 Å². The van der Waals surface area contributed by atoms with Gasteiger partial charge in [-0.15, -0.1) is 0 Å². The Morgan fingerprint density at radius 3 is 2.38 bits per heavy atom. The molecule has 0 atom stereocenters. The van der Waals surface area contributed by atoms with Gasteiger partial charge in [-0.25, -0.2) is 13.1 Å². The third-order valence-electron chi connectivity index (χ3n) is 4.60. The number of aromatic nitrogens is 1. The maximum atomic E-state index is 12.4. The molecule has 0 radical (unpaired) electrons. The summed E-state index contributed by atoms with van der Waals surface area (Å²) in [6, 6.07) is 12.6. The lowest BCUT2D eigenvalue weighted by Crippen LogP contribution is -2.28. The van der Waals surface area contributed by atoms with Crippen LogP contribution in [-0.4, -0.2) is 19.9 Å². The van der Waals surface area contributed by atoms with Crippen molar-refractivity contribution in [3.05, 3.63) is 75.1 Å². The molecule has 3 rings (SSSR count). The van der Waals surface area contributed by atoms with Crippen LogP contribution < -0.4 is 10.3 Å². The number of aryl methyl sites for hydroxylation is 3. The van der Waals surface area contributed by atoms with Crippen LogP contribution >= 0.6 is 0 Å². The summed E-state index contributed by atoms with van der Waals surface area (Å²) in [4.78, 5) is 15.4. The zero-order chi connectivity index (χ0) is 18.9. The van der Waals surface area contributed by atoms with E-state index in [2.05, 4.69) is 9.71 Å². The first kappa shape index (κ1) is 18.4. The summed E-state index contributed by atoms with van der Waals surface area (Å²) in [6.07, 6.45) is 0.323. The summed E-state index contributed by atoms with van der Waals surface area (Å²) in [7, 11) is -3.59. The van der Waals surface area contributed by atoms with Crippen LogP contribution in [0.4, 0.5) is 0 Å². The van der Waals surface area contributed by atoms with Gasteiger partial charge in [-0.1, -0.05) is 18.2 Å². The molecule has 3 aromatic rings. The smallest absolute Gasteiger partial charge is 0.251 e. The second-order valence-corrected chi connectivity index (χ2v) is 8.30. The molecular weight excluding hydrogens is 348 g/mol. The molecule has 0 saturated carbocycles. The predicted octanol–water partition coefficient (Wildman–Crippen LogP) is 2.97. The Bertz CT molecular complexity index is 1130. The molecule has 136 valence electrons. The largest absolute Gasteiger partial charge is 0.322 e. The summed E-state index contributed by atoms with van der Waals surface area (Å²) in [5.41, 5.74) is 4.13. The zero-order valence-corrected chi connectivity index (χ0v) is 15.9. The molecule has 1 aromatic heterocycles. The van der Waals surface area contributed by atoms with Gasteiger partial charge >= 0.3 is 0 Å². The van der Waals surface area contributed by atoms with E-state index in [1.807, 2.05) is 32.0 Å². The van der Waals surface area contributed by atoms with Crippen molar-refractivity contribution in [3.63, 3.8) is 0 Å². The molecule has 0 unspecified atom stereocenters. The minimum atomic E-state index is -3.59. The molecule has 0 fully saturated rings. The van der Waals surface area contributed by atoms with E-state index in [0.717, 1.165) is 22.0 Å². The Hall–Kier alpha value is -2.44. The summed E-state index contributed by atoms with van der Waals surface area (Å²) in [5, 5.41) is 0.949. The molecule has 2 aromatic carbocycles. The number of hydrogen-bond donors (Lipinski definition) is 2. The number of fused-ring (bicyclic) bond motifs is 1. The highest BCUT2D eigenvalue weighted by atomic mass is 32.2. The highest BCUT2D eigenvalue weighted by molar-refractivity contribution is 7.89. The fourth-order valence-electron chi connectivity index (χ4n) is 2.96. The first-order valence-corrected chi connectivity index (χ1v) is 9.95. The van der Waals surface area contributed by atoms with Crippen LogP contribution in [0.3, 0.4) is 0 Å². The van der Waals surface area contributed by atoms with Crippen LogP contribution in [0.5, 0.6) is 0 Å².